The van der Waals surface area contributed by atoms with Gasteiger partial charge in [-0.05, 0) is 18.4 Å². The molecule has 2 rings (SSSR count). The van der Waals surface area contributed by atoms with Crippen molar-refractivity contribution in [2.24, 2.45) is 0 Å². The van der Waals surface area contributed by atoms with Crippen molar-refractivity contribution in [1.29, 1.82) is 0 Å². The summed E-state index contributed by atoms with van der Waals surface area (Å²) in [6.45, 7) is 1.60. The minimum atomic E-state index is -0.481. The average molecular weight is 399 g/mol. The van der Waals surface area contributed by atoms with Gasteiger partial charge in [0.25, 0.3) is 0 Å². The molecule has 0 atom stereocenters. The first-order valence-electron chi connectivity index (χ1n) is 9.45. The second kappa shape index (κ2) is 11.6. The quantitative estimate of drug-likeness (QED) is 0.321. The number of rotatable bonds is 11. The van der Waals surface area contributed by atoms with E-state index in [9.17, 15) is 14.4 Å². The summed E-state index contributed by atoms with van der Waals surface area (Å²) in [7, 11) is 1.42. The van der Waals surface area contributed by atoms with E-state index in [1.54, 1.807) is 0 Å². The number of aromatic nitrogens is 1. The first-order valence-corrected chi connectivity index (χ1v) is 9.45. The van der Waals surface area contributed by atoms with Crippen LogP contribution in [-0.4, -0.2) is 29.8 Å². The largest absolute Gasteiger partial charge is 0.493 e. The van der Waals surface area contributed by atoms with E-state index in [4.69, 9.17) is 14.2 Å². The Morgan fingerprint density at radius 3 is 2.28 bits per heavy atom. The highest BCUT2D eigenvalue weighted by Gasteiger charge is 2.19. The normalized spacial score (nSPS) is 10.3. The van der Waals surface area contributed by atoms with Crippen LogP contribution in [0.3, 0.4) is 0 Å². The fourth-order valence-corrected chi connectivity index (χ4v) is 2.63. The van der Waals surface area contributed by atoms with Crippen molar-refractivity contribution in [2.45, 2.75) is 45.6 Å². The topological polar surface area (TPSA) is 91.8 Å². The number of ketones is 1. The van der Waals surface area contributed by atoms with Gasteiger partial charge < -0.3 is 14.2 Å². The number of carbonyl (C=O) groups excluding carboxylic acids is 3. The standard InChI is InChI=1S/C22H25NO6/c1-16(24)21-22(18(27-2)13-14-23-21)29-20(26)12-8-4-7-11-19(25)28-15-17-9-5-3-6-10-17/h3,5-6,9-10,13-14H,4,7-8,11-12,15H2,1-2H3. The van der Waals surface area contributed by atoms with E-state index in [1.807, 2.05) is 30.3 Å². The summed E-state index contributed by atoms with van der Waals surface area (Å²) in [6.07, 6.45) is 3.74. The number of carbonyl (C=O) groups is 3. The second-order valence-electron chi connectivity index (χ2n) is 6.43. The van der Waals surface area contributed by atoms with Gasteiger partial charge in [0, 0.05) is 32.0 Å². The first kappa shape index (κ1) is 22.1. The third-order valence-corrected chi connectivity index (χ3v) is 4.14. The molecule has 0 aliphatic rings. The number of hydrogen-bond acceptors (Lipinski definition) is 7. The Bertz CT molecular complexity index is 834. The van der Waals surface area contributed by atoms with E-state index < -0.39 is 5.97 Å². The summed E-state index contributed by atoms with van der Waals surface area (Å²) in [6, 6.07) is 11.0. The zero-order valence-corrected chi connectivity index (χ0v) is 16.7. The van der Waals surface area contributed by atoms with E-state index in [2.05, 4.69) is 4.98 Å². The number of esters is 2. The van der Waals surface area contributed by atoms with Crippen LogP contribution < -0.4 is 9.47 Å². The van der Waals surface area contributed by atoms with Crippen LogP contribution in [0.1, 0.15) is 55.1 Å². The lowest BCUT2D eigenvalue weighted by Crippen LogP contribution is -2.12. The van der Waals surface area contributed by atoms with Crippen LogP contribution in [0.15, 0.2) is 42.6 Å². The number of ether oxygens (including phenoxy) is 3. The van der Waals surface area contributed by atoms with Crippen LogP contribution in [-0.2, 0) is 20.9 Å². The molecule has 0 saturated carbocycles. The lowest BCUT2D eigenvalue weighted by molar-refractivity contribution is -0.145. The summed E-state index contributed by atoms with van der Waals surface area (Å²) in [5.41, 5.74) is 0.998. The van der Waals surface area contributed by atoms with Crippen LogP contribution in [0, 0.1) is 0 Å². The molecule has 1 aromatic heterocycles. The maximum atomic E-state index is 12.1. The molecule has 0 saturated heterocycles. The molecular formula is C22H25NO6. The van der Waals surface area contributed by atoms with E-state index in [-0.39, 0.29) is 42.0 Å². The molecule has 7 nitrogen and oxygen atoms in total. The SMILES string of the molecule is COc1ccnc(C(C)=O)c1OC(=O)CCCCCC(=O)OCc1ccccc1. The number of nitrogens with zero attached hydrogens (tertiary/aromatic N) is 1. The average Bonchev–Trinajstić information content (AvgIpc) is 2.72. The molecule has 0 bridgehead atoms. The third kappa shape index (κ3) is 7.37. The van der Waals surface area contributed by atoms with Gasteiger partial charge >= 0.3 is 11.9 Å². The van der Waals surface area contributed by atoms with E-state index >= 15 is 0 Å². The van der Waals surface area contributed by atoms with Crippen molar-refractivity contribution in [3.63, 3.8) is 0 Å². The van der Waals surface area contributed by atoms with Gasteiger partial charge in [-0.25, -0.2) is 4.98 Å². The summed E-state index contributed by atoms with van der Waals surface area (Å²) >= 11 is 0. The van der Waals surface area contributed by atoms with Crippen LogP contribution in [0.5, 0.6) is 11.5 Å². The number of benzene rings is 1. The molecule has 154 valence electrons. The van der Waals surface area contributed by atoms with Gasteiger partial charge in [0.15, 0.2) is 17.2 Å². The zero-order chi connectivity index (χ0) is 21.1. The predicted molar refractivity (Wildman–Crippen MR) is 106 cm³/mol. The lowest BCUT2D eigenvalue weighted by Gasteiger charge is -2.11. The third-order valence-electron chi connectivity index (χ3n) is 4.14. The maximum absolute atomic E-state index is 12.1. The molecule has 0 aliphatic carbocycles. The summed E-state index contributed by atoms with van der Waals surface area (Å²) in [4.78, 5) is 39.5. The molecule has 7 heteroatoms. The maximum Gasteiger partial charge on any atom is 0.311 e. The van der Waals surface area contributed by atoms with Crippen LogP contribution in [0.25, 0.3) is 0 Å². The molecule has 0 unspecified atom stereocenters. The Labute approximate surface area is 170 Å². The molecule has 0 aliphatic heterocycles. The van der Waals surface area contributed by atoms with Gasteiger partial charge in [0.2, 0.25) is 5.75 Å². The molecule has 29 heavy (non-hydrogen) atoms. The number of Topliss-reactive ketones (excluding diaryl/α,β-unsaturated/α-hetero) is 1. The molecule has 0 spiro atoms. The van der Waals surface area contributed by atoms with Gasteiger partial charge in [-0.2, -0.15) is 0 Å². The summed E-state index contributed by atoms with van der Waals surface area (Å²) in [5, 5.41) is 0. The van der Waals surface area contributed by atoms with Crippen molar-refractivity contribution < 1.29 is 28.6 Å². The number of hydrogen-bond donors (Lipinski definition) is 0. The van der Waals surface area contributed by atoms with Crippen molar-refractivity contribution in [2.75, 3.05) is 7.11 Å². The molecule has 0 N–H and O–H groups in total. The molecular weight excluding hydrogens is 374 g/mol. The minimum absolute atomic E-state index is 0.0389. The van der Waals surface area contributed by atoms with E-state index in [0.717, 1.165) is 5.56 Å². The van der Waals surface area contributed by atoms with Gasteiger partial charge in [-0.3, -0.25) is 14.4 Å². The number of methoxy groups -OCH3 is 1. The highest BCUT2D eigenvalue weighted by atomic mass is 16.6. The van der Waals surface area contributed by atoms with Crippen LogP contribution in [0.2, 0.25) is 0 Å². The molecule has 1 heterocycles. The van der Waals surface area contributed by atoms with Gasteiger partial charge in [0.05, 0.1) is 7.11 Å². The Morgan fingerprint density at radius 2 is 1.62 bits per heavy atom. The van der Waals surface area contributed by atoms with Crippen molar-refractivity contribution in [1.82, 2.24) is 4.98 Å². The Hall–Kier alpha value is -3.22. The van der Waals surface area contributed by atoms with E-state index in [1.165, 1.54) is 26.3 Å². The molecule has 0 radical (unpaired) electrons. The lowest BCUT2D eigenvalue weighted by atomic mass is 10.1. The predicted octanol–water partition coefficient (Wildman–Crippen LogP) is 3.89. The fraction of sp³-hybridized carbons (Fsp3) is 0.364. The minimum Gasteiger partial charge on any atom is -0.493 e. The van der Waals surface area contributed by atoms with E-state index in [0.29, 0.717) is 25.7 Å². The van der Waals surface area contributed by atoms with Gasteiger partial charge in [-0.15, -0.1) is 0 Å². The second-order valence-corrected chi connectivity index (χ2v) is 6.43. The van der Waals surface area contributed by atoms with Crippen LogP contribution >= 0.6 is 0 Å². The first-order chi connectivity index (χ1) is 14.0. The van der Waals surface area contributed by atoms with Crippen molar-refractivity contribution in [3.8, 4) is 11.5 Å². The fourth-order valence-electron chi connectivity index (χ4n) is 2.63. The molecule has 0 fully saturated rings. The summed E-state index contributed by atoms with van der Waals surface area (Å²) < 4.78 is 15.7. The molecule has 2 aromatic rings. The molecule has 1 aromatic carbocycles. The van der Waals surface area contributed by atoms with Gasteiger partial charge in [0.1, 0.15) is 6.61 Å². The Balaban J connectivity index is 1.69. The number of unbranched alkanes of at least 4 members (excludes halogenated alkanes) is 2. The Kier molecular flexibility index (Phi) is 8.82. The zero-order valence-electron chi connectivity index (χ0n) is 16.7. The van der Waals surface area contributed by atoms with Gasteiger partial charge in [-0.1, -0.05) is 36.8 Å². The smallest absolute Gasteiger partial charge is 0.311 e. The highest BCUT2D eigenvalue weighted by molar-refractivity contribution is 5.96. The Morgan fingerprint density at radius 1 is 0.931 bits per heavy atom. The van der Waals surface area contributed by atoms with Crippen LogP contribution in [0.4, 0.5) is 0 Å². The number of pyridine rings is 1. The van der Waals surface area contributed by atoms with Crippen molar-refractivity contribution >= 4 is 17.7 Å². The molecule has 0 amide bonds. The monoisotopic (exact) mass is 399 g/mol. The van der Waals surface area contributed by atoms with Crippen molar-refractivity contribution in [3.05, 3.63) is 53.9 Å². The summed E-state index contributed by atoms with van der Waals surface area (Å²) in [5.74, 6) is -0.745. The highest BCUT2D eigenvalue weighted by Crippen LogP contribution is 2.30.